The van der Waals surface area contributed by atoms with Crippen molar-refractivity contribution in [3.63, 3.8) is 0 Å². The Bertz CT molecular complexity index is 956. The number of anilines is 1. The first-order valence-electron chi connectivity index (χ1n) is 8.36. The highest BCUT2D eigenvalue weighted by Crippen LogP contribution is 2.36. The van der Waals surface area contributed by atoms with Gasteiger partial charge in [-0.25, -0.2) is 0 Å². The molecular formula is C21H18N2O3. The predicted octanol–water partition coefficient (Wildman–Crippen LogP) is 3.86. The van der Waals surface area contributed by atoms with Gasteiger partial charge < -0.3 is 20.4 Å². The van der Waals surface area contributed by atoms with Crippen LogP contribution in [0.4, 0.5) is 5.69 Å². The molecular weight excluding hydrogens is 328 g/mol. The maximum atomic E-state index is 13.1. The first-order chi connectivity index (χ1) is 12.6. The van der Waals surface area contributed by atoms with Gasteiger partial charge in [0.1, 0.15) is 6.17 Å². The minimum absolute atomic E-state index is 0.0826. The number of fused-ring (bicyclic) bond motifs is 1. The van der Waals surface area contributed by atoms with E-state index in [-0.39, 0.29) is 17.4 Å². The van der Waals surface area contributed by atoms with E-state index in [0.29, 0.717) is 17.7 Å². The summed E-state index contributed by atoms with van der Waals surface area (Å²) in [5.74, 6) is -0.484. The number of carbonyl (C=O) groups is 1. The van der Waals surface area contributed by atoms with Crippen LogP contribution in [0, 0.1) is 0 Å². The third kappa shape index (κ3) is 2.84. The molecule has 1 aliphatic rings. The Morgan fingerprint density at radius 2 is 1.62 bits per heavy atom. The summed E-state index contributed by atoms with van der Waals surface area (Å²) in [5.41, 5.74) is 3.07. The SMILES string of the molecule is O=C1c2ccccc2N[C@@H](c2ccc(O)c(O)c2)N1Cc1ccccc1. The van der Waals surface area contributed by atoms with Crippen LogP contribution in [0.3, 0.4) is 0 Å². The molecule has 26 heavy (non-hydrogen) atoms. The largest absolute Gasteiger partial charge is 0.504 e. The van der Waals surface area contributed by atoms with Crippen LogP contribution < -0.4 is 5.32 Å². The summed E-state index contributed by atoms with van der Waals surface area (Å²) < 4.78 is 0. The number of nitrogens with zero attached hydrogens (tertiary/aromatic N) is 1. The van der Waals surface area contributed by atoms with E-state index in [2.05, 4.69) is 5.32 Å². The lowest BCUT2D eigenvalue weighted by Crippen LogP contribution is -2.42. The second-order valence-corrected chi connectivity index (χ2v) is 6.26. The van der Waals surface area contributed by atoms with E-state index in [1.165, 1.54) is 12.1 Å². The molecule has 1 heterocycles. The molecule has 0 unspecified atom stereocenters. The molecule has 5 heteroatoms. The van der Waals surface area contributed by atoms with Crippen LogP contribution >= 0.6 is 0 Å². The number of phenols is 2. The summed E-state index contributed by atoms with van der Waals surface area (Å²) >= 11 is 0. The normalized spacial score (nSPS) is 16.1. The second kappa shape index (κ2) is 6.44. The van der Waals surface area contributed by atoms with E-state index in [4.69, 9.17) is 0 Å². The van der Waals surface area contributed by atoms with Crippen molar-refractivity contribution in [2.45, 2.75) is 12.7 Å². The van der Waals surface area contributed by atoms with Crippen LogP contribution in [-0.2, 0) is 6.54 Å². The number of para-hydroxylation sites is 1. The summed E-state index contributed by atoms with van der Waals surface area (Å²) in [7, 11) is 0. The van der Waals surface area contributed by atoms with Crippen LogP contribution in [0.25, 0.3) is 0 Å². The third-order valence-electron chi connectivity index (χ3n) is 4.53. The molecule has 1 aliphatic heterocycles. The molecule has 3 N–H and O–H groups in total. The van der Waals surface area contributed by atoms with Gasteiger partial charge in [-0.2, -0.15) is 0 Å². The number of carbonyl (C=O) groups excluding carboxylic acids is 1. The number of aromatic hydroxyl groups is 2. The van der Waals surface area contributed by atoms with E-state index in [1.807, 2.05) is 48.5 Å². The van der Waals surface area contributed by atoms with Crippen LogP contribution in [0.1, 0.15) is 27.7 Å². The fourth-order valence-corrected chi connectivity index (χ4v) is 3.21. The predicted molar refractivity (Wildman–Crippen MR) is 98.9 cm³/mol. The van der Waals surface area contributed by atoms with Crippen molar-refractivity contribution >= 4 is 11.6 Å². The smallest absolute Gasteiger partial charge is 0.258 e. The van der Waals surface area contributed by atoms with Gasteiger partial charge in [0, 0.05) is 12.2 Å². The number of hydrogen-bond donors (Lipinski definition) is 3. The van der Waals surface area contributed by atoms with Gasteiger partial charge >= 0.3 is 0 Å². The molecule has 0 aromatic heterocycles. The quantitative estimate of drug-likeness (QED) is 0.630. The highest BCUT2D eigenvalue weighted by atomic mass is 16.3. The molecule has 0 bridgehead atoms. The molecule has 3 aromatic rings. The van der Waals surface area contributed by atoms with Gasteiger partial charge in [-0.05, 0) is 35.4 Å². The lowest BCUT2D eigenvalue weighted by Gasteiger charge is -2.38. The highest BCUT2D eigenvalue weighted by Gasteiger charge is 2.33. The Labute approximate surface area is 151 Å². The molecule has 0 saturated carbocycles. The first kappa shape index (κ1) is 16.0. The van der Waals surface area contributed by atoms with Crippen molar-refractivity contribution in [2.24, 2.45) is 0 Å². The molecule has 3 aromatic carbocycles. The summed E-state index contributed by atoms with van der Waals surface area (Å²) in [6, 6.07) is 21.7. The van der Waals surface area contributed by atoms with Crippen molar-refractivity contribution in [3.8, 4) is 11.5 Å². The summed E-state index contributed by atoms with van der Waals surface area (Å²) in [6.07, 6.45) is -0.455. The Morgan fingerprint density at radius 1 is 0.885 bits per heavy atom. The summed E-state index contributed by atoms with van der Waals surface area (Å²) in [4.78, 5) is 14.9. The minimum atomic E-state index is -0.455. The van der Waals surface area contributed by atoms with Crippen LogP contribution in [-0.4, -0.2) is 21.0 Å². The number of rotatable bonds is 3. The topological polar surface area (TPSA) is 72.8 Å². The van der Waals surface area contributed by atoms with E-state index in [9.17, 15) is 15.0 Å². The fraction of sp³-hybridized carbons (Fsp3) is 0.0952. The third-order valence-corrected chi connectivity index (χ3v) is 4.53. The Kier molecular flexibility index (Phi) is 3.97. The maximum absolute atomic E-state index is 13.1. The number of amides is 1. The molecule has 5 nitrogen and oxygen atoms in total. The Morgan fingerprint density at radius 3 is 2.38 bits per heavy atom. The van der Waals surface area contributed by atoms with E-state index in [1.54, 1.807) is 17.0 Å². The molecule has 130 valence electrons. The zero-order chi connectivity index (χ0) is 18.1. The number of nitrogens with one attached hydrogen (secondary N) is 1. The lowest BCUT2D eigenvalue weighted by molar-refractivity contribution is 0.0666. The van der Waals surface area contributed by atoms with Gasteiger partial charge in [-0.1, -0.05) is 48.5 Å². The molecule has 4 rings (SSSR count). The highest BCUT2D eigenvalue weighted by molar-refractivity contribution is 6.01. The fourth-order valence-electron chi connectivity index (χ4n) is 3.21. The lowest BCUT2D eigenvalue weighted by atomic mass is 10.0. The number of phenolic OH excluding ortho intramolecular Hbond substituents is 2. The van der Waals surface area contributed by atoms with Gasteiger partial charge in [-0.15, -0.1) is 0 Å². The van der Waals surface area contributed by atoms with E-state index in [0.717, 1.165) is 11.3 Å². The molecule has 0 fully saturated rings. The van der Waals surface area contributed by atoms with Crippen molar-refractivity contribution in [1.29, 1.82) is 0 Å². The molecule has 0 radical (unpaired) electrons. The standard InChI is InChI=1S/C21H18N2O3/c24-18-11-10-15(12-19(18)25)20-22-17-9-5-4-8-16(17)21(26)23(20)13-14-6-2-1-3-7-14/h1-12,20,22,24-25H,13H2/t20-/m1/s1. The van der Waals surface area contributed by atoms with Gasteiger partial charge in [0.2, 0.25) is 0 Å². The summed E-state index contributed by atoms with van der Waals surface area (Å²) in [6.45, 7) is 0.424. The first-order valence-corrected chi connectivity index (χ1v) is 8.36. The molecule has 0 spiro atoms. The van der Waals surface area contributed by atoms with Crippen molar-refractivity contribution in [2.75, 3.05) is 5.32 Å². The zero-order valence-electron chi connectivity index (χ0n) is 14.0. The van der Waals surface area contributed by atoms with E-state index >= 15 is 0 Å². The monoisotopic (exact) mass is 346 g/mol. The Hall–Kier alpha value is -3.47. The average Bonchev–Trinajstić information content (AvgIpc) is 2.67. The second-order valence-electron chi connectivity index (χ2n) is 6.26. The van der Waals surface area contributed by atoms with Crippen LogP contribution in [0.2, 0.25) is 0 Å². The molecule has 1 amide bonds. The Balaban J connectivity index is 1.77. The van der Waals surface area contributed by atoms with Gasteiger partial charge in [0.05, 0.1) is 5.56 Å². The van der Waals surface area contributed by atoms with Crippen molar-refractivity contribution in [1.82, 2.24) is 4.90 Å². The van der Waals surface area contributed by atoms with Crippen molar-refractivity contribution in [3.05, 3.63) is 89.5 Å². The van der Waals surface area contributed by atoms with Gasteiger partial charge in [0.25, 0.3) is 5.91 Å². The molecule has 0 saturated heterocycles. The van der Waals surface area contributed by atoms with Crippen LogP contribution in [0.5, 0.6) is 11.5 Å². The number of benzene rings is 3. The maximum Gasteiger partial charge on any atom is 0.258 e. The molecule has 1 atom stereocenters. The van der Waals surface area contributed by atoms with Crippen LogP contribution in [0.15, 0.2) is 72.8 Å². The molecule has 0 aliphatic carbocycles. The van der Waals surface area contributed by atoms with Gasteiger partial charge in [-0.3, -0.25) is 4.79 Å². The van der Waals surface area contributed by atoms with Crippen molar-refractivity contribution < 1.29 is 15.0 Å². The van der Waals surface area contributed by atoms with E-state index < -0.39 is 6.17 Å². The minimum Gasteiger partial charge on any atom is -0.504 e. The zero-order valence-corrected chi connectivity index (χ0v) is 14.0. The van der Waals surface area contributed by atoms with Gasteiger partial charge in [0.15, 0.2) is 11.5 Å². The summed E-state index contributed by atoms with van der Waals surface area (Å²) in [5, 5.41) is 22.9. The average molecular weight is 346 g/mol. The number of hydrogen-bond acceptors (Lipinski definition) is 4.